The Morgan fingerprint density at radius 2 is 1.93 bits per heavy atom. The molecule has 0 spiro atoms. The highest BCUT2D eigenvalue weighted by Gasteiger charge is 2.12. The van der Waals surface area contributed by atoms with Gasteiger partial charge >= 0.3 is 0 Å². The van der Waals surface area contributed by atoms with Crippen molar-refractivity contribution in [2.24, 2.45) is 11.5 Å². The molecule has 1 aromatic heterocycles. The minimum absolute atomic E-state index is 0.547. The molecule has 0 radical (unpaired) electrons. The first-order chi connectivity index (χ1) is 7.27. The van der Waals surface area contributed by atoms with Gasteiger partial charge in [0.15, 0.2) is 0 Å². The summed E-state index contributed by atoms with van der Waals surface area (Å²) in [4.78, 5) is 10.7. The van der Waals surface area contributed by atoms with Gasteiger partial charge in [-0.2, -0.15) is 0 Å². The van der Waals surface area contributed by atoms with Gasteiger partial charge in [-0.05, 0) is 0 Å². The van der Waals surface area contributed by atoms with Crippen LogP contribution in [0.1, 0.15) is 11.9 Å². The molecule has 2 heterocycles. The molecule has 5 N–H and O–H groups in total. The predicted octanol–water partition coefficient (Wildman–Crippen LogP) is -1.20. The number of piperazine rings is 1. The number of rotatable bonds is 2. The first kappa shape index (κ1) is 10.3. The van der Waals surface area contributed by atoms with Gasteiger partial charge in [0.05, 0.1) is 24.3 Å². The Morgan fingerprint density at radius 3 is 2.47 bits per heavy atom. The van der Waals surface area contributed by atoms with E-state index >= 15 is 0 Å². The van der Waals surface area contributed by atoms with Crippen LogP contribution in [0.15, 0.2) is 12.4 Å². The average molecular weight is 208 g/mol. The second-order valence-corrected chi connectivity index (χ2v) is 3.56. The van der Waals surface area contributed by atoms with Gasteiger partial charge in [-0.25, -0.2) is 4.98 Å². The van der Waals surface area contributed by atoms with Crippen LogP contribution in [-0.2, 0) is 0 Å². The van der Waals surface area contributed by atoms with Crippen molar-refractivity contribution in [2.75, 3.05) is 31.1 Å². The molecule has 0 saturated carbocycles. The summed E-state index contributed by atoms with van der Waals surface area (Å²) in [5.41, 5.74) is 11.6. The van der Waals surface area contributed by atoms with E-state index in [1.54, 1.807) is 12.4 Å². The fourth-order valence-electron chi connectivity index (χ4n) is 1.56. The third kappa shape index (κ3) is 2.41. The molecular formula is C9H16N6. The largest absolute Gasteiger partial charge is 0.353 e. The van der Waals surface area contributed by atoms with Crippen LogP contribution in [0.3, 0.4) is 0 Å². The molecule has 1 saturated heterocycles. The Kier molecular flexibility index (Phi) is 3.10. The van der Waals surface area contributed by atoms with Crippen molar-refractivity contribution in [2.45, 2.75) is 6.17 Å². The summed E-state index contributed by atoms with van der Waals surface area (Å²) >= 11 is 0. The maximum atomic E-state index is 5.49. The standard InChI is InChI=1S/C9H16N6/c10-9(11)7-5-14-8(6-13-7)15-3-1-12-2-4-15/h5-6,9,12H,1-4,10-11H2. The summed E-state index contributed by atoms with van der Waals surface area (Å²) in [7, 11) is 0. The molecule has 1 aliphatic rings. The minimum atomic E-state index is -0.547. The van der Waals surface area contributed by atoms with Crippen molar-refractivity contribution in [1.29, 1.82) is 0 Å². The third-order valence-electron chi connectivity index (χ3n) is 2.44. The zero-order chi connectivity index (χ0) is 10.7. The van der Waals surface area contributed by atoms with Crippen LogP contribution in [0.25, 0.3) is 0 Å². The van der Waals surface area contributed by atoms with E-state index in [0.29, 0.717) is 5.69 Å². The number of nitrogens with one attached hydrogen (secondary N) is 1. The van der Waals surface area contributed by atoms with Gasteiger partial charge in [-0.1, -0.05) is 0 Å². The molecule has 15 heavy (non-hydrogen) atoms. The second-order valence-electron chi connectivity index (χ2n) is 3.56. The minimum Gasteiger partial charge on any atom is -0.353 e. The van der Waals surface area contributed by atoms with Crippen LogP contribution in [0.5, 0.6) is 0 Å². The summed E-state index contributed by atoms with van der Waals surface area (Å²) in [6, 6.07) is 0. The smallest absolute Gasteiger partial charge is 0.147 e. The van der Waals surface area contributed by atoms with E-state index in [2.05, 4.69) is 20.2 Å². The van der Waals surface area contributed by atoms with E-state index in [0.717, 1.165) is 32.0 Å². The first-order valence-electron chi connectivity index (χ1n) is 5.06. The zero-order valence-corrected chi connectivity index (χ0v) is 8.56. The van der Waals surface area contributed by atoms with E-state index in [1.807, 2.05) is 0 Å². The maximum Gasteiger partial charge on any atom is 0.147 e. The average Bonchev–Trinajstić information content (AvgIpc) is 2.30. The Bertz CT molecular complexity index is 303. The summed E-state index contributed by atoms with van der Waals surface area (Å²) in [5, 5.41) is 3.28. The number of nitrogens with two attached hydrogens (primary N) is 2. The van der Waals surface area contributed by atoms with Crippen LogP contribution < -0.4 is 21.7 Å². The van der Waals surface area contributed by atoms with Gasteiger partial charge in [0.25, 0.3) is 0 Å². The van der Waals surface area contributed by atoms with Crippen molar-refractivity contribution >= 4 is 5.82 Å². The summed E-state index contributed by atoms with van der Waals surface area (Å²) in [6.07, 6.45) is 2.82. The van der Waals surface area contributed by atoms with E-state index in [1.165, 1.54) is 0 Å². The highest BCUT2D eigenvalue weighted by Crippen LogP contribution is 2.10. The van der Waals surface area contributed by atoms with Gasteiger partial charge in [0.2, 0.25) is 0 Å². The summed E-state index contributed by atoms with van der Waals surface area (Å²) < 4.78 is 0. The normalized spacial score (nSPS) is 17.1. The topological polar surface area (TPSA) is 93.1 Å². The molecule has 0 atom stereocenters. The molecule has 0 aliphatic carbocycles. The Morgan fingerprint density at radius 1 is 1.20 bits per heavy atom. The number of hydrogen-bond acceptors (Lipinski definition) is 6. The highest BCUT2D eigenvalue weighted by atomic mass is 15.2. The zero-order valence-electron chi connectivity index (χ0n) is 8.56. The second kappa shape index (κ2) is 4.52. The SMILES string of the molecule is NC(N)c1cnc(N2CCNCC2)cn1. The fraction of sp³-hybridized carbons (Fsp3) is 0.556. The van der Waals surface area contributed by atoms with Crippen molar-refractivity contribution in [3.8, 4) is 0 Å². The molecule has 2 rings (SSSR count). The van der Waals surface area contributed by atoms with Gasteiger partial charge < -0.3 is 21.7 Å². The number of aromatic nitrogens is 2. The van der Waals surface area contributed by atoms with Gasteiger partial charge in [-0.3, -0.25) is 4.98 Å². The van der Waals surface area contributed by atoms with Crippen molar-refractivity contribution in [1.82, 2.24) is 15.3 Å². The summed E-state index contributed by atoms with van der Waals surface area (Å²) in [5.74, 6) is 0.890. The van der Waals surface area contributed by atoms with Gasteiger partial charge in [-0.15, -0.1) is 0 Å². The maximum absolute atomic E-state index is 5.49. The Labute approximate surface area is 88.7 Å². The van der Waals surface area contributed by atoms with E-state index in [4.69, 9.17) is 11.5 Å². The van der Waals surface area contributed by atoms with Gasteiger partial charge in [0, 0.05) is 26.2 Å². The lowest BCUT2D eigenvalue weighted by atomic mass is 10.3. The summed E-state index contributed by atoms with van der Waals surface area (Å²) in [6.45, 7) is 3.89. The molecule has 6 nitrogen and oxygen atoms in total. The van der Waals surface area contributed by atoms with E-state index < -0.39 is 6.17 Å². The Hall–Kier alpha value is -1.24. The molecule has 82 valence electrons. The Balaban J connectivity index is 2.08. The van der Waals surface area contributed by atoms with E-state index in [-0.39, 0.29) is 0 Å². The van der Waals surface area contributed by atoms with Crippen LogP contribution in [0, 0.1) is 0 Å². The number of hydrogen-bond donors (Lipinski definition) is 3. The molecule has 1 aliphatic heterocycles. The first-order valence-corrected chi connectivity index (χ1v) is 5.06. The van der Waals surface area contributed by atoms with Crippen molar-refractivity contribution in [3.63, 3.8) is 0 Å². The fourth-order valence-corrected chi connectivity index (χ4v) is 1.56. The highest BCUT2D eigenvalue weighted by molar-refractivity contribution is 5.36. The lowest BCUT2D eigenvalue weighted by Crippen LogP contribution is -2.44. The van der Waals surface area contributed by atoms with E-state index in [9.17, 15) is 0 Å². The van der Waals surface area contributed by atoms with Crippen molar-refractivity contribution < 1.29 is 0 Å². The molecule has 0 aromatic carbocycles. The van der Waals surface area contributed by atoms with Crippen LogP contribution >= 0.6 is 0 Å². The molecule has 1 fully saturated rings. The molecule has 1 aromatic rings. The van der Waals surface area contributed by atoms with Gasteiger partial charge in [0.1, 0.15) is 5.82 Å². The third-order valence-corrected chi connectivity index (χ3v) is 2.44. The molecular weight excluding hydrogens is 192 g/mol. The molecule has 6 heteroatoms. The van der Waals surface area contributed by atoms with Crippen LogP contribution in [-0.4, -0.2) is 36.1 Å². The monoisotopic (exact) mass is 208 g/mol. The molecule has 0 unspecified atom stereocenters. The lowest BCUT2D eigenvalue weighted by Gasteiger charge is -2.28. The predicted molar refractivity (Wildman–Crippen MR) is 58.2 cm³/mol. The number of anilines is 1. The lowest BCUT2D eigenvalue weighted by molar-refractivity contribution is 0.583. The van der Waals surface area contributed by atoms with Crippen LogP contribution in [0.4, 0.5) is 5.82 Å². The number of nitrogens with zero attached hydrogens (tertiary/aromatic N) is 3. The quantitative estimate of drug-likeness (QED) is 0.529. The molecule has 0 bridgehead atoms. The van der Waals surface area contributed by atoms with Crippen LogP contribution in [0.2, 0.25) is 0 Å². The van der Waals surface area contributed by atoms with Crippen molar-refractivity contribution in [3.05, 3.63) is 18.1 Å². The molecule has 0 amide bonds.